The minimum atomic E-state index is 1.04. The van der Waals surface area contributed by atoms with Crippen molar-refractivity contribution in [1.82, 2.24) is 0 Å². The van der Waals surface area contributed by atoms with Crippen molar-refractivity contribution in [3.63, 3.8) is 0 Å². The van der Waals surface area contributed by atoms with Gasteiger partial charge in [0.2, 0.25) is 0 Å². The van der Waals surface area contributed by atoms with Gasteiger partial charge >= 0.3 is 0 Å². The van der Waals surface area contributed by atoms with E-state index in [9.17, 15) is 0 Å². The summed E-state index contributed by atoms with van der Waals surface area (Å²) in [5.41, 5.74) is 20.4. The van der Waals surface area contributed by atoms with Gasteiger partial charge < -0.3 is 0 Å². The highest BCUT2D eigenvalue weighted by molar-refractivity contribution is 5.94. The van der Waals surface area contributed by atoms with Crippen molar-refractivity contribution in [1.29, 1.82) is 0 Å². The molecule has 0 heteroatoms. The van der Waals surface area contributed by atoms with E-state index >= 15 is 0 Å². The van der Waals surface area contributed by atoms with Crippen molar-refractivity contribution >= 4 is 0 Å². The highest BCUT2D eigenvalue weighted by Crippen LogP contribution is 2.50. The summed E-state index contributed by atoms with van der Waals surface area (Å²) >= 11 is 0. The predicted octanol–water partition coefficient (Wildman–Crippen LogP) is 7.73. The highest BCUT2D eigenvalue weighted by atomic mass is 14.3. The Morgan fingerprint density at radius 2 is 0.833 bits per heavy atom. The molecule has 0 heterocycles. The summed E-state index contributed by atoms with van der Waals surface area (Å²) in [6.45, 7) is 9.17. The van der Waals surface area contributed by atoms with E-state index in [4.69, 9.17) is 0 Å². The lowest BCUT2D eigenvalue weighted by molar-refractivity contribution is 1.20. The summed E-state index contributed by atoms with van der Waals surface area (Å²) in [6.07, 6.45) is 2.08. The molecular formula is C30H26. The zero-order valence-corrected chi connectivity index (χ0v) is 18.2. The van der Waals surface area contributed by atoms with Crippen LogP contribution in [0, 0.1) is 27.7 Å². The molecular weight excluding hydrogens is 360 g/mol. The molecule has 0 saturated carbocycles. The summed E-state index contributed by atoms with van der Waals surface area (Å²) in [5, 5.41) is 0. The Hall–Kier alpha value is -3.12. The molecule has 0 fully saturated rings. The van der Waals surface area contributed by atoms with Crippen LogP contribution in [0.1, 0.15) is 44.5 Å². The number of benzene rings is 4. The van der Waals surface area contributed by atoms with E-state index in [0.717, 1.165) is 12.8 Å². The molecule has 0 nitrogen and oxygen atoms in total. The van der Waals surface area contributed by atoms with Crippen LogP contribution in [0.15, 0.2) is 60.7 Å². The molecule has 4 aromatic rings. The van der Waals surface area contributed by atoms with Crippen LogP contribution >= 0.6 is 0 Å². The van der Waals surface area contributed by atoms with Gasteiger partial charge in [0.1, 0.15) is 0 Å². The summed E-state index contributed by atoms with van der Waals surface area (Å²) in [7, 11) is 0. The summed E-state index contributed by atoms with van der Waals surface area (Å²) in [4.78, 5) is 0. The van der Waals surface area contributed by atoms with Crippen LogP contribution in [-0.2, 0) is 12.8 Å². The number of rotatable bonds is 1. The van der Waals surface area contributed by atoms with Gasteiger partial charge in [-0.05, 0) is 118 Å². The third kappa shape index (κ3) is 2.28. The van der Waals surface area contributed by atoms with Crippen LogP contribution in [-0.4, -0.2) is 0 Å². The second kappa shape index (κ2) is 6.19. The SMILES string of the molecule is Cc1cc(C)c(-c2c(C)cc(C)c3c2Cc2ccccc2-3)c2c1-c1ccccc1C2. The van der Waals surface area contributed by atoms with Gasteiger partial charge in [-0.25, -0.2) is 0 Å². The van der Waals surface area contributed by atoms with E-state index in [1.54, 1.807) is 0 Å². The molecule has 0 radical (unpaired) electrons. The normalized spacial score (nSPS) is 13.1. The molecule has 146 valence electrons. The fourth-order valence-corrected chi connectivity index (χ4v) is 6.16. The van der Waals surface area contributed by atoms with E-state index in [2.05, 4.69) is 88.4 Å². The Bertz CT molecular complexity index is 1260. The Morgan fingerprint density at radius 1 is 0.467 bits per heavy atom. The first kappa shape index (κ1) is 17.7. The molecule has 6 rings (SSSR count). The van der Waals surface area contributed by atoms with E-state index in [0.29, 0.717) is 0 Å². The molecule has 0 N–H and O–H groups in total. The van der Waals surface area contributed by atoms with Gasteiger partial charge in [-0.2, -0.15) is 0 Å². The molecule has 0 spiro atoms. The van der Waals surface area contributed by atoms with Gasteiger partial charge in [0, 0.05) is 0 Å². The maximum absolute atomic E-state index is 2.41. The molecule has 0 aromatic heterocycles. The smallest absolute Gasteiger partial charge is 0.000708 e. The van der Waals surface area contributed by atoms with Crippen LogP contribution in [0.2, 0.25) is 0 Å². The molecule has 0 amide bonds. The van der Waals surface area contributed by atoms with Crippen molar-refractivity contribution in [2.75, 3.05) is 0 Å². The number of fused-ring (bicyclic) bond motifs is 6. The zero-order chi connectivity index (χ0) is 20.6. The second-order valence-electron chi connectivity index (χ2n) is 9.15. The van der Waals surface area contributed by atoms with Crippen molar-refractivity contribution in [2.24, 2.45) is 0 Å². The molecule has 2 aliphatic rings. The molecule has 0 atom stereocenters. The van der Waals surface area contributed by atoms with Crippen LogP contribution < -0.4 is 0 Å². The molecule has 0 bridgehead atoms. The van der Waals surface area contributed by atoms with Crippen LogP contribution in [0.5, 0.6) is 0 Å². The Kier molecular flexibility index (Phi) is 3.65. The lowest BCUT2D eigenvalue weighted by Gasteiger charge is -2.21. The van der Waals surface area contributed by atoms with Crippen molar-refractivity contribution < 1.29 is 0 Å². The third-order valence-electron chi connectivity index (χ3n) is 7.21. The van der Waals surface area contributed by atoms with Crippen molar-refractivity contribution in [3.8, 4) is 33.4 Å². The monoisotopic (exact) mass is 386 g/mol. The van der Waals surface area contributed by atoms with Gasteiger partial charge in [-0.3, -0.25) is 0 Å². The summed E-state index contributed by atoms with van der Waals surface area (Å²) < 4.78 is 0. The van der Waals surface area contributed by atoms with Crippen LogP contribution in [0.4, 0.5) is 0 Å². The second-order valence-corrected chi connectivity index (χ2v) is 9.15. The van der Waals surface area contributed by atoms with Gasteiger partial charge in [-0.1, -0.05) is 60.7 Å². The Balaban J connectivity index is 1.69. The largest absolute Gasteiger partial charge is 0.0619 e. The van der Waals surface area contributed by atoms with E-state index < -0.39 is 0 Å². The molecule has 2 aliphatic carbocycles. The van der Waals surface area contributed by atoms with Crippen LogP contribution in [0.25, 0.3) is 33.4 Å². The minimum absolute atomic E-state index is 1.04. The number of hydrogen-bond acceptors (Lipinski definition) is 0. The van der Waals surface area contributed by atoms with Crippen molar-refractivity contribution in [2.45, 2.75) is 40.5 Å². The van der Waals surface area contributed by atoms with Gasteiger partial charge in [0.05, 0.1) is 0 Å². The fraction of sp³-hybridized carbons (Fsp3) is 0.200. The average Bonchev–Trinajstić information content (AvgIpc) is 3.29. The maximum atomic E-state index is 2.41. The lowest BCUT2D eigenvalue weighted by Crippen LogP contribution is -2.01. The van der Waals surface area contributed by atoms with Crippen LogP contribution in [0.3, 0.4) is 0 Å². The van der Waals surface area contributed by atoms with E-state index in [1.807, 2.05) is 0 Å². The maximum Gasteiger partial charge on any atom is -0.000708 e. The first-order valence-corrected chi connectivity index (χ1v) is 11.0. The predicted molar refractivity (Wildman–Crippen MR) is 127 cm³/mol. The van der Waals surface area contributed by atoms with E-state index in [-0.39, 0.29) is 0 Å². The standard InChI is InChI=1S/C30H26/c1-17-13-19(3)29(25-15-21-9-5-7-11-23(21)27(17)25)30-20(4)14-18(2)28-24-12-8-6-10-22(24)16-26(28)30/h5-14H,15-16H2,1-4H3. The summed E-state index contributed by atoms with van der Waals surface area (Å²) in [5.74, 6) is 0. The first-order valence-electron chi connectivity index (χ1n) is 11.0. The minimum Gasteiger partial charge on any atom is -0.0619 e. The number of aryl methyl sites for hydroxylation is 4. The molecule has 0 saturated heterocycles. The fourth-order valence-electron chi connectivity index (χ4n) is 6.16. The topological polar surface area (TPSA) is 0 Å². The average molecular weight is 387 g/mol. The molecule has 4 aromatic carbocycles. The lowest BCUT2D eigenvalue weighted by atomic mass is 9.82. The van der Waals surface area contributed by atoms with Gasteiger partial charge in [0.25, 0.3) is 0 Å². The van der Waals surface area contributed by atoms with Gasteiger partial charge in [-0.15, -0.1) is 0 Å². The Labute approximate surface area is 179 Å². The molecule has 30 heavy (non-hydrogen) atoms. The van der Waals surface area contributed by atoms with Gasteiger partial charge in [0.15, 0.2) is 0 Å². The Morgan fingerprint density at radius 3 is 1.27 bits per heavy atom. The zero-order valence-electron chi connectivity index (χ0n) is 18.2. The molecule has 0 unspecified atom stereocenters. The third-order valence-corrected chi connectivity index (χ3v) is 7.21. The summed E-state index contributed by atoms with van der Waals surface area (Å²) in [6, 6.07) is 22.7. The first-order chi connectivity index (χ1) is 14.5. The van der Waals surface area contributed by atoms with E-state index in [1.165, 1.54) is 77.9 Å². The quantitative estimate of drug-likeness (QED) is 0.271. The van der Waals surface area contributed by atoms with Crippen molar-refractivity contribution in [3.05, 3.63) is 105 Å². The number of hydrogen-bond donors (Lipinski definition) is 0. The highest BCUT2D eigenvalue weighted by Gasteiger charge is 2.30. The molecule has 0 aliphatic heterocycles.